The van der Waals surface area contributed by atoms with Crippen molar-refractivity contribution in [2.24, 2.45) is 0 Å². The van der Waals surface area contributed by atoms with Gasteiger partial charge in [0.05, 0.1) is 29.7 Å². The van der Waals surface area contributed by atoms with Crippen LogP contribution in [-0.2, 0) is 4.74 Å². The van der Waals surface area contributed by atoms with E-state index in [4.69, 9.17) is 14.1 Å². The van der Waals surface area contributed by atoms with Crippen LogP contribution in [0, 0.1) is 13.8 Å². The predicted molar refractivity (Wildman–Crippen MR) is 107 cm³/mol. The van der Waals surface area contributed by atoms with Crippen LogP contribution in [0.4, 0.5) is 5.13 Å². The number of anilines is 1. The number of fused-ring (bicyclic) bond motifs is 1. The lowest BCUT2D eigenvalue weighted by molar-refractivity contribution is 0.0390. The molecule has 0 N–H and O–H groups in total. The number of hydrogen-bond donors (Lipinski definition) is 0. The molecule has 4 rings (SSSR count). The van der Waals surface area contributed by atoms with E-state index in [-0.39, 0.29) is 5.91 Å². The molecule has 1 saturated heterocycles. The summed E-state index contributed by atoms with van der Waals surface area (Å²) in [6, 6.07) is 7.62. The van der Waals surface area contributed by atoms with Gasteiger partial charge in [-0.2, -0.15) is 0 Å². The molecule has 1 fully saturated rings. The predicted octanol–water partition coefficient (Wildman–Crippen LogP) is 3.49. The molecule has 0 radical (unpaired) electrons. The maximum atomic E-state index is 13.1. The number of carbonyl (C=O) groups is 1. The summed E-state index contributed by atoms with van der Waals surface area (Å²) in [5.74, 6) is 0.187. The molecule has 0 saturated carbocycles. The van der Waals surface area contributed by atoms with Crippen molar-refractivity contribution in [1.82, 2.24) is 9.88 Å². The van der Waals surface area contributed by atoms with Crippen molar-refractivity contribution in [1.29, 1.82) is 0 Å². The second-order valence-electron chi connectivity index (χ2n) is 6.76. The summed E-state index contributed by atoms with van der Waals surface area (Å²) in [6.07, 6.45) is 1.53. The van der Waals surface area contributed by atoms with Crippen molar-refractivity contribution in [2.75, 3.05) is 44.3 Å². The normalized spacial score (nSPS) is 15.3. The first-order valence-corrected chi connectivity index (χ1v) is 9.97. The van der Waals surface area contributed by atoms with Crippen molar-refractivity contribution in [3.63, 3.8) is 0 Å². The van der Waals surface area contributed by atoms with Crippen LogP contribution in [0.1, 0.15) is 21.7 Å². The van der Waals surface area contributed by atoms with Gasteiger partial charge < -0.3 is 9.15 Å². The summed E-state index contributed by atoms with van der Waals surface area (Å²) in [5.41, 5.74) is 3.27. The van der Waals surface area contributed by atoms with Crippen molar-refractivity contribution >= 4 is 32.6 Å². The largest absolute Gasteiger partial charge is 0.459 e. The van der Waals surface area contributed by atoms with Crippen molar-refractivity contribution in [2.45, 2.75) is 13.8 Å². The van der Waals surface area contributed by atoms with Gasteiger partial charge in [-0.15, -0.1) is 0 Å². The fraction of sp³-hybridized carbons (Fsp3) is 0.400. The van der Waals surface area contributed by atoms with Gasteiger partial charge >= 0.3 is 0 Å². The Morgan fingerprint density at radius 2 is 2.00 bits per heavy atom. The molecule has 6 nitrogen and oxygen atoms in total. The van der Waals surface area contributed by atoms with Gasteiger partial charge in [0.25, 0.3) is 5.91 Å². The zero-order chi connectivity index (χ0) is 18.8. The molecule has 27 heavy (non-hydrogen) atoms. The number of furan rings is 1. The van der Waals surface area contributed by atoms with E-state index >= 15 is 0 Å². The highest BCUT2D eigenvalue weighted by molar-refractivity contribution is 7.22. The highest BCUT2D eigenvalue weighted by Gasteiger charge is 2.25. The molecule has 142 valence electrons. The zero-order valence-electron chi connectivity index (χ0n) is 15.6. The first-order chi connectivity index (χ1) is 13.1. The maximum Gasteiger partial charge on any atom is 0.295 e. The van der Waals surface area contributed by atoms with Crippen LogP contribution in [0.15, 0.2) is 34.9 Å². The van der Waals surface area contributed by atoms with Crippen molar-refractivity contribution < 1.29 is 13.9 Å². The monoisotopic (exact) mass is 385 g/mol. The van der Waals surface area contributed by atoms with Crippen molar-refractivity contribution in [3.05, 3.63) is 47.4 Å². The Balaban J connectivity index is 1.65. The minimum Gasteiger partial charge on any atom is -0.459 e. The fourth-order valence-electron chi connectivity index (χ4n) is 3.25. The van der Waals surface area contributed by atoms with Gasteiger partial charge in [-0.05, 0) is 37.1 Å². The molecule has 1 aromatic carbocycles. The second kappa shape index (κ2) is 7.80. The average molecular weight is 385 g/mol. The Kier molecular flexibility index (Phi) is 5.24. The summed E-state index contributed by atoms with van der Waals surface area (Å²) in [4.78, 5) is 22.0. The van der Waals surface area contributed by atoms with Crippen LogP contribution in [-0.4, -0.2) is 55.2 Å². The Morgan fingerprint density at radius 3 is 2.70 bits per heavy atom. The number of carbonyl (C=O) groups excluding carboxylic acids is 1. The molecular weight excluding hydrogens is 362 g/mol. The van der Waals surface area contributed by atoms with E-state index in [1.807, 2.05) is 0 Å². The summed E-state index contributed by atoms with van der Waals surface area (Å²) in [6.45, 7) is 8.74. The summed E-state index contributed by atoms with van der Waals surface area (Å²) in [7, 11) is 0. The molecule has 1 amide bonds. The van der Waals surface area contributed by atoms with E-state index in [2.05, 4.69) is 30.9 Å². The molecule has 1 aliphatic heterocycles. The number of aromatic nitrogens is 1. The molecule has 0 unspecified atom stereocenters. The van der Waals surface area contributed by atoms with Gasteiger partial charge in [0, 0.05) is 26.2 Å². The first-order valence-electron chi connectivity index (χ1n) is 9.15. The number of thiazole rings is 1. The lowest BCUT2D eigenvalue weighted by Crippen LogP contribution is -2.43. The topological polar surface area (TPSA) is 58.8 Å². The third-order valence-corrected chi connectivity index (χ3v) is 6.10. The molecule has 0 atom stereocenters. The Morgan fingerprint density at radius 1 is 1.22 bits per heavy atom. The Hall–Kier alpha value is -2.22. The number of ether oxygens (including phenoxy) is 1. The number of benzene rings is 1. The molecule has 3 heterocycles. The van der Waals surface area contributed by atoms with Gasteiger partial charge in [-0.25, -0.2) is 4.98 Å². The van der Waals surface area contributed by atoms with Gasteiger partial charge in [-0.3, -0.25) is 14.6 Å². The van der Waals surface area contributed by atoms with E-state index in [0.29, 0.717) is 12.3 Å². The van der Waals surface area contributed by atoms with Gasteiger partial charge in [0.15, 0.2) is 10.9 Å². The quantitative estimate of drug-likeness (QED) is 0.673. The van der Waals surface area contributed by atoms with E-state index in [1.54, 1.807) is 28.4 Å². The Bertz CT molecular complexity index is 891. The fourth-order valence-corrected chi connectivity index (χ4v) is 4.38. The van der Waals surface area contributed by atoms with Gasteiger partial charge in [-0.1, -0.05) is 23.5 Å². The molecule has 0 spiro atoms. The number of morpholine rings is 1. The van der Waals surface area contributed by atoms with Crippen LogP contribution in [0.3, 0.4) is 0 Å². The average Bonchev–Trinajstić information content (AvgIpc) is 3.36. The molecular formula is C20H23N3O3S. The maximum absolute atomic E-state index is 13.1. The zero-order valence-corrected chi connectivity index (χ0v) is 16.4. The van der Waals surface area contributed by atoms with Crippen LogP contribution >= 0.6 is 11.3 Å². The van der Waals surface area contributed by atoms with E-state index in [9.17, 15) is 4.79 Å². The standard InChI is InChI=1S/C20H23N3O3S/c1-14-5-6-15(2)18-17(14)21-20(27-18)23(19(24)16-4-3-11-26-16)8-7-22-9-12-25-13-10-22/h3-6,11H,7-10,12-13H2,1-2H3. The SMILES string of the molecule is Cc1ccc(C)c2sc(N(CCN3CCOCC3)C(=O)c3ccco3)nc12. The lowest BCUT2D eigenvalue weighted by atomic mass is 10.1. The van der Waals surface area contributed by atoms with E-state index in [0.717, 1.165) is 53.8 Å². The summed E-state index contributed by atoms with van der Waals surface area (Å²) in [5, 5.41) is 0.719. The second-order valence-corrected chi connectivity index (χ2v) is 7.74. The molecule has 1 aliphatic rings. The van der Waals surface area contributed by atoms with E-state index in [1.165, 1.54) is 11.8 Å². The number of aryl methyl sites for hydroxylation is 2. The molecule has 7 heteroatoms. The third kappa shape index (κ3) is 3.76. The van der Waals surface area contributed by atoms with E-state index < -0.39 is 0 Å². The summed E-state index contributed by atoms with van der Waals surface area (Å²) >= 11 is 1.57. The molecule has 0 bridgehead atoms. The minimum atomic E-state index is -0.150. The third-order valence-electron chi connectivity index (χ3n) is 4.88. The van der Waals surface area contributed by atoms with Crippen molar-refractivity contribution in [3.8, 4) is 0 Å². The summed E-state index contributed by atoms with van der Waals surface area (Å²) < 4.78 is 11.9. The smallest absolute Gasteiger partial charge is 0.295 e. The number of nitrogens with zero attached hydrogens (tertiary/aromatic N) is 3. The van der Waals surface area contributed by atoms with Crippen LogP contribution < -0.4 is 4.90 Å². The number of rotatable bonds is 5. The molecule has 0 aliphatic carbocycles. The van der Waals surface area contributed by atoms with Crippen LogP contribution in [0.5, 0.6) is 0 Å². The highest BCUT2D eigenvalue weighted by atomic mass is 32.1. The highest BCUT2D eigenvalue weighted by Crippen LogP contribution is 2.33. The number of amides is 1. The number of hydrogen-bond acceptors (Lipinski definition) is 6. The minimum absolute atomic E-state index is 0.150. The molecule has 3 aromatic rings. The van der Waals surface area contributed by atoms with Crippen LogP contribution in [0.2, 0.25) is 0 Å². The van der Waals surface area contributed by atoms with Gasteiger partial charge in [0.2, 0.25) is 0 Å². The van der Waals surface area contributed by atoms with Crippen LogP contribution in [0.25, 0.3) is 10.2 Å². The first kappa shape index (κ1) is 18.2. The lowest BCUT2D eigenvalue weighted by Gasteiger charge is -2.28. The molecule has 2 aromatic heterocycles. The Labute approximate surface area is 162 Å². The van der Waals surface area contributed by atoms with Gasteiger partial charge in [0.1, 0.15) is 0 Å².